The monoisotopic (exact) mass is 463 g/mol. The van der Waals surface area contributed by atoms with Gasteiger partial charge in [-0.1, -0.05) is 0 Å². The third-order valence-electron chi connectivity index (χ3n) is 6.45. The second-order valence-electron chi connectivity index (χ2n) is 8.72. The van der Waals surface area contributed by atoms with Crippen LogP contribution in [0.25, 0.3) is 12.2 Å². The Labute approximate surface area is 180 Å². The Bertz CT molecular complexity index is 837. The van der Waals surface area contributed by atoms with Crippen molar-refractivity contribution >= 4 is 18.1 Å². The molecule has 0 radical (unpaired) electrons. The van der Waals surface area contributed by atoms with E-state index in [-0.39, 0.29) is 0 Å². The van der Waals surface area contributed by atoms with Crippen molar-refractivity contribution in [2.75, 3.05) is 0 Å². The second kappa shape index (κ2) is 8.80. The second-order valence-corrected chi connectivity index (χ2v) is 28.8. The number of allylic oxidation sites excluding steroid dienone is 2. The van der Waals surface area contributed by atoms with Gasteiger partial charge in [0.1, 0.15) is 0 Å². The summed E-state index contributed by atoms with van der Waals surface area (Å²) >= 11 is -1.82. The van der Waals surface area contributed by atoms with Crippen LogP contribution in [0.1, 0.15) is 69.0 Å². The molecule has 0 nitrogen and oxygen atoms in total. The molecule has 2 atom stereocenters. The molecule has 2 aromatic carbocycles. The van der Waals surface area contributed by atoms with Crippen LogP contribution in [-0.2, 0) is 20.9 Å². The van der Waals surface area contributed by atoms with Crippen molar-refractivity contribution in [3.63, 3.8) is 0 Å². The van der Waals surface area contributed by atoms with Crippen molar-refractivity contribution in [1.82, 2.24) is 0 Å². The summed E-state index contributed by atoms with van der Waals surface area (Å²) in [5, 5.41) is 0. The predicted octanol–water partition coefficient (Wildman–Crippen LogP) is 7.46. The van der Waals surface area contributed by atoms with Gasteiger partial charge in [-0.3, -0.25) is 0 Å². The summed E-state index contributed by atoms with van der Waals surface area (Å²) in [5.74, 6) is -0.721. The SMILES string of the molecule is CCCC1=Cc2ccccc2[CH]1[Zr]([CH]1C(CCC)=Cc2ccccc21)[SiH](C)C. The van der Waals surface area contributed by atoms with Gasteiger partial charge in [0, 0.05) is 0 Å². The van der Waals surface area contributed by atoms with Gasteiger partial charge in [-0.15, -0.1) is 0 Å². The maximum absolute atomic E-state index is 2.67. The molecular weight excluding hydrogens is 432 g/mol. The average molecular weight is 465 g/mol. The summed E-state index contributed by atoms with van der Waals surface area (Å²) in [5.41, 5.74) is 9.97. The zero-order chi connectivity index (χ0) is 19.7. The fourth-order valence-electron chi connectivity index (χ4n) is 5.41. The Morgan fingerprint density at radius 3 is 1.54 bits per heavy atom. The van der Waals surface area contributed by atoms with E-state index in [1.807, 2.05) is 0 Å². The zero-order valence-corrected chi connectivity index (χ0v) is 21.4. The molecule has 0 amide bonds. The van der Waals surface area contributed by atoms with Gasteiger partial charge < -0.3 is 0 Å². The first kappa shape index (κ1) is 20.3. The Morgan fingerprint density at radius 2 is 1.14 bits per heavy atom. The molecule has 0 heterocycles. The molecule has 0 saturated heterocycles. The summed E-state index contributed by atoms with van der Waals surface area (Å²) in [7, 11) is 0. The normalized spacial score (nSPS) is 20.0. The zero-order valence-electron chi connectivity index (χ0n) is 17.8. The van der Waals surface area contributed by atoms with E-state index in [9.17, 15) is 0 Å². The molecule has 4 rings (SSSR count). The number of hydrogen-bond acceptors (Lipinski definition) is 0. The van der Waals surface area contributed by atoms with Crippen LogP contribution in [0.5, 0.6) is 0 Å². The molecule has 0 fully saturated rings. The van der Waals surface area contributed by atoms with Gasteiger partial charge in [-0.2, -0.15) is 0 Å². The first-order valence-corrected chi connectivity index (χ1v) is 21.1. The summed E-state index contributed by atoms with van der Waals surface area (Å²) in [6.45, 7) is 10.0. The Hall–Kier alpha value is -0.980. The van der Waals surface area contributed by atoms with E-state index < -0.39 is 26.8 Å². The van der Waals surface area contributed by atoms with E-state index in [1.54, 1.807) is 22.3 Å². The molecule has 2 aliphatic carbocycles. The van der Waals surface area contributed by atoms with E-state index >= 15 is 0 Å². The van der Waals surface area contributed by atoms with E-state index in [0.29, 0.717) is 0 Å². The van der Waals surface area contributed by atoms with Gasteiger partial charge in [0.25, 0.3) is 0 Å². The molecule has 2 heteroatoms. The first-order chi connectivity index (χ1) is 13.7. The molecular formula is C26H33SiZr. The quantitative estimate of drug-likeness (QED) is 0.373. The molecule has 0 N–H and O–H groups in total. The fourth-order valence-corrected chi connectivity index (χ4v) is 28.3. The molecule has 0 saturated carbocycles. The third kappa shape index (κ3) is 3.63. The van der Waals surface area contributed by atoms with Crippen LogP contribution in [0.3, 0.4) is 0 Å². The summed E-state index contributed by atoms with van der Waals surface area (Å²) < 4.78 is 1.61. The molecule has 0 aromatic heterocycles. The van der Waals surface area contributed by atoms with Crippen LogP contribution >= 0.6 is 0 Å². The Kier molecular flexibility index (Phi) is 6.38. The summed E-state index contributed by atoms with van der Waals surface area (Å²) in [6.07, 6.45) is 10.3. The van der Waals surface area contributed by atoms with E-state index in [2.05, 4.69) is 87.6 Å². The Morgan fingerprint density at radius 1 is 0.714 bits per heavy atom. The molecule has 0 bridgehead atoms. The molecule has 0 spiro atoms. The summed E-state index contributed by atoms with van der Waals surface area (Å²) in [4.78, 5) is 0. The summed E-state index contributed by atoms with van der Waals surface area (Å²) in [6, 6.07) is 18.7. The number of benzene rings is 2. The topological polar surface area (TPSA) is 0 Å². The van der Waals surface area contributed by atoms with Crippen molar-refractivity contribution in [3.05, 3.63) is 81.9 Å². The van der Waals surface area contributed by atoms with Crippen molar-refractivity contribution in [1.29, 1.82) is 0 Å². The molecule has 145 valence electrons. The van der Waals surface area contributed by atoms with Crippen molar-refractivity contribution < 1.29 is 20.9 Å². The molecule has 2 aromatic rings. The molecule has 28 heavy (non-hydrogen) atoms. The van der Waals surface area contributed by atoms with Crippen LogP contribution in [0, 0.1) is 0 Å². The van der Waals surface area contributed by atoms with Crippen LogP contribution in [-0.4, -0.2) is 5.92 Å². The minimum atomic E-state index is -1.82. The first-order valence-electron chi connectivity index (χ1n) is 11.1. The fraction of sp³-hybridized carbons (Fsp3) is 0.385. The van der Waals surface area contributed by atoms with E-state index in [0.717, 1.165) is 7.25 Å². The van der Waals surface area contributed by atoms with Crippen molar-refractivity contribution in [3.8, 4) is 0 Å². The van der Waals surface area contributed by atoms with Gasteiger partial charge in [0.05, 0.1) is 0 Å². The average Bonchev–Trinajstić information content (AvgIpc) is 3.22. The van der Waals surface area contributed by atoms with Crippen LogP contribution in [0.15, 0.2) is 59.7 Å². The molecule has 2 unspecified atom stereocenters. The molecule has 2 aliphatic rings. The van der Waals surface area contributed by atoms with Crippen molar-refractivity contribution in [2.24, 2.45) is 0 Å². The van der Waals surface area contributed by atoms with Gasteiger partial charge in [-0.25, -0.2) is 0 Å². The van der Waals surface area contributed by atoms with Crippen LogP contribution in [0.2, 0.25) is 13.1 Å². The standard InChI is InChI=1S/2C12H13.C2H7Si.Zr/c2*1-2-5-10-8-11-6-3-4-7-12(11)9-10;1-3-2;/h2*3-4,6-9H,2,5H2,1H3;3H,1-2H3;. The minimum absolute atomic E-state index is 0.721. The van der Waals surface area contributed by atoms with Crippen LogP contribution in [0.4, 0.5) is 0 Å². The number of hydrogen-bond donors (Lipinski definition) is 0. The van der Waals surface area contributed by atoms with Gasteiger partial charge in [-0.05, 0) is 0 Å². The predicted molar refractivity (Wildman–Crippen MR) is 123 cm³/mol. The third-order valence-corrected chi connectivity index (χ3v) is 28.2. The van der Waals surface area contributed by atoms with E-state index in [1.165, 1.54) is 36.8 Å². The maximum atomic E-state index is 2.67. The van der Waals surface area contributed by atoms with Crippen molar-refractivity contribution in [2.45, 2.75) is 59.9 Å². The number of rotatable bonds is 7. The molecule has 0 aliphatic heterocycles. The van der Waals surface area contributed by atoms with Gasteiger partial charge in [0.15, 0.2) is 0 Å². The van der Waals surface area contributed by atoms with Gasteiger partial charge >= 0.3 is 181 Å². The Balaban J connectivity index is 1.83. The van der Waals surface area contributed by atoms with Gasteiger partial charge in [0.2, 0.25) is 0 Å². The van der Waals surface area contributed by atoms with Crippen LogP contribution < -0.4 is 0 Å². The van der Waals surface area contributed by atoms with E-state index in [4.69, 9.17) is 0 Å². The number of fused-ring (bicyclic) bond motifs is 2.